The SMILES string of the molecule is CC(C)=NCc1cc(Br)cc(Br)c1O.NCc1ccccc1. The second-order valence-corrected chi connectivity index (χ2v) is 6.62. The first-order chi connectivity index (χ1) is 10.4. The number of benzene rings is 2. The van der Waals surface area contributed by atoms with E-state index in [2.05, 4.69) is 36.9 Å². The fourth-order valence-electron chi connectivity index (χ4n) is 1.60. The van der Waals surface area contributed by atoms with Crippen LogP contribution in [0.2, 0.25) is 0 Å². The molecule has 0 radical (unpaired) electrons. The molecule has 22 heavy (non-hydrogen) atoms. The largest absolute Gasteiger partial charge is 0.506 e. The number of hydrogen-bond donors (Lipinski definition) is 2. The first-order valence-corrected chi connectivity index (χ1v) is 8.41. The molecule has 0 aliphatic heterocycles. The Morgan fingerprint density at radius 2 is 1.77 bits per heavy atom. The summed E-state index contributed by atoms with van der Waals surface area (Å²) in [6.07, 6.45) is 0. The summed E-state index contributed by atoms with van der Waals surface area (Å²) in [6, 6.07) is 13.7. The van der Waals surface area contributed by atoms with Crippen molar-refractivity contribution in [2.75, 3.05) is 0 Å². The Kier molecular flexibility index (Phi) is 8.38. The lowest BCUT2D eigenvalue weighted by Crippen LogP contribution is -1.94. The van der Waals surface area contributed by atoms with E-state index in [0.29, 0.717) is 17.6 Å². The van der Waals surface area contributed by atoms with Crippen molar-refractivity contribution in [3.63, 3.8) is 0 Å². The van der Waals surface area contributed by atoms with Crippen LogP contribution in [-0.2, 0) is 13.1 Å². The summed E-state index contributed by atoms with van der Waals surface area (Å²) >= 11 is 6.64. The minimum atomic E-state index is 0.262. The summed E-state index contributed by atoms with van der Waals surface area (Å²) in [4.78, 5) is 4.25. The smallest absolute Gasteiger partial charge is 0.134 e. The van der Waals surface area contributed by atoms with Crippen LogP contribution in [0.25, 0.3) is 0 Å². The van der Waals surface area contributed by atoms with Crippen molar-refractivity contribution >= 4 is 37.6 Å². The summed E-state index contributed by atoms with van der Waals surface area (Å²) in [5.74, 6) is 0.262. The van der Waals surface area contributed by atoms with Gasteiger partial charge in [0.15, 0.2) is 0 Å². The number of aromatic hydroxyl groups is 1. The molecule has 0 saturated carbocycles. The zero-order valence-electron chi connectivity index (χ0n) is 12.7. The van der Waals surface area contributed by atoms with E-state index >= 15 is 0 Å². The van der Waals surface area contributed by atoms with Gasteiger partial charge in [-0.05, 0) is 47.5 Å². The Balaban J connectivity index is 0.000000255. The first kappa shape index (κ1) is 18.9. The second-order valence-electron chi connectivity index (χ2n) is 4.85. The van der Waals surface area contributed by atoms with Crippen LogP contribution < -0.4 is 5.73 Å². The molecule has 0 aliphatic rings. The van der Waals surface area contributed by atoms with Gasteiger partial charge in [-0.15, -0.1) is 0 Å². The van der Waals surface area contributed by atoms with Crippen LogP contribution in [0.15, 0.2) is 56.4 Å². The lowest BCUT2D eigenvalue weighted by atomic mass is 10.2. The summed E-state index contributed by atoms with van der Waals surface area (Å²) in [5, 5.41) is 9.70. The predicted molar refractivity (Wildman–Crippen MR) is 100 cm³/mol. The number of rotatable bonds is 3. The third-order valence-electron chi connectivity index (χ3n) is 2.75. The minimum absolute atomic E-state index is 0.262. The Hall–Kier alpha value is -1.17. The monoisotopic (exact) mass is 426 g/mol. The van der Waals surface area contributed by atoms with Crippen molar-refractivity contribution in [2.45, 2.75) is 26.9 Å². The fourth-order valence-corrected chi connectivity index (χ4v) is 2.91. The Morgan fingerprint density at radius 3 is 2.27 bits per heavy atom. The number of nitrogens with zero attached hydrogens (tertiary/aromatic N) is 1. The van der Waals surface area contributed by atoms with Crippen LogP contribution in [0.4, 0.5) is 0 Å². The van der Waals surface area contributed by atoms with Crippen LogP contribution >= 0.6 is 31.9 Å². The topological polar surface area (TPSA) is 58.6 Å². The highest BCUT2D eigenvalue weighted by molar-refractivity contribution is 9.11. The van der Waals surface area contributed by atoms with Gasteiger partial charge in [-0.2, -0.15) is 0 Å². The highest BCUT2D eigenvalue weighted by atomic mass is 79.9. The maximum Gasteiger partial charge on any atom is 0.134 e. The zero-order valence-corrected chi connectivity index (χ0v) is 15.9. The number of nitrogens with two attached hydrogens (primary N) is 1. The Labute approximate surface area is 148 Å². The maximum absolute atomic E-state index is 9.70. The van der Waals surface area contributed by atoms with Crippen molar-refractivity contribution < 1.29 is 5.11 Å². The van der Waals surface area contributed by atoms with Crippen LogP contribution in [-0.4, -0.2) is 10.8 Å². The minimum Gasteiger partial charge on any atom is -0.506 e. The molecule has 2 aromatic carbocycles. The van der Waals surface area contributed by atoms with Crippen LogP contribution in [0.5, 0.6) is 5.75 Å². The number of aliphatic imine (C=N–C) groups is 1. The van der Waals surface area contributed by atoms with Gasteiger partial charge in [0.1, 0.15) is 5.75 Å². The van der Waals surface area contributed by atoms with E-state index in [-0.39, 0.29) is 5.75 Å². The highest BCUT2D eigenvalue weighted by Gasteiger charge is 2.06. The molecular formula is C17H20Br2N2O. The van der Waals surface area contributed by atoms with Crippen molar-refractivity contribution in [3.05, 3.63) is 62.5 Å². The van der Waals surface area contributed by atoms with Crippen molar-refractivity contribution in [3.8, 4) is 5.75 Å². The van der Waals surface area contributed by atoms with Crippen molar-refractivity contribution in [1.82, 2.24) is 0 Å². The fraction of sp³-hybridized carbons (Fsp3) is 0.235. The second kappa shape index (κ2) is 9.77. The molecule has 0 amide bonds. The van der Waals surface area contributed by atoms with Crippen LogP contribution in [0.3, 0.4) is 0 Å². The molecule has 0 spiro atoms. The summed E-state index contributed by atoms with van der Waals surface area (Å²) in [7, 11) is 0. The number of phenols is 1. The molecule has 0 fully saturated rings. The van der Waals surface area contributed by atoms with E-state index in [1.165, 1.54) is 5.56 Å². The van der Waals surface area contributed by atoms with Crippen molar-refractivity contribution in [1.29, 1.82) is 0 Å². The molecule has 0 heterocycles. The van der Waals surface area contributed by atoms with E-state index < -0.39 is 0 Å². The van der Waals surface area contributed by atoms with Gasteiger partial charge in [-0.25, -0.2) is 0 Å². The number of hydrogen-bond acceptors (Lipinski definition) is 3. The van der Waals surface area contributed by atoms with Crippen LogP contribution in [0, 0.1) is 0 Å². The number of halogens is 2. The van der Waals surface area contributed by atoms with Crippen molar-refractivity contribution in [2.24, 2.45) is 10.7 Å². The van der Waals surface area contributed by atoms with Gasteiger partial charge >= 0.3 is 0 Å². The molecule has 5 heteroatoms. The molecule has 2 rings (SSSR count). The first-order valence-electron chi connectivity index (χ1n) is 6.82. The normalized spacial score (nSPS) is 9.68. The molecule has 0 aromatic heterocycles. The third-order valence-corrected chi connectivity index (χ3v) is 3.81. The molecular weight excluding hydrogens is 408 g/mol. The molecule has 0 bridgehead atoms. The van der Waals surface area contributed by atoms with Gasteiger partial charge in [0.2, 0.25) is 0 Å². The average Bonchev–Trinajstić information content (AvgIpc) is 2.50. The maximum atomic E-state index is 9.70. The predicted octanol–water partition coefficient (Wildman–Crippen LogP) is 5.04. The molecule has 0 aliphatic carbocycles. The molecule has 0 atom stereocenters. The van der Waals surface area contributed by atoms with Gasteiger partial charge in [-0.3, -0.25) is 4.99 Å². The lowest BCUT2D eigenvalue weighted by molar-refractivity contribution is 0.465. The Morgan fingerprint density at radius 1 is 1.14 bits per heavy atom. The summed E-state index contributed by atoms with van der Waals surface area (Å²) in [5.41, 5.74) is 8.35. The average molecular weight is 428 g/mol. The number of phenolic OH excluding ortho intramolecular Hbond substituents is 1. The van der Waals surface area contributed by atoms with Gasteiger partial charge in [0.25, 0.3) is 0 Å². The van der Waals surface area contributed by atoms with E-state index in [1.807, 2.05) is 50.2 Å². The standard InChI is InChI=1S/C10H11Br2NO.C7H9N/c1-6(2)13-5-7-3-8(11)4-9(12)10(7)14;8-6-7-4-2-1-3-5-7/h3-4,14H,5H2,1-2H3;1-5H,6,8H2. The van der Waals surface area contributed by atoms with Gasteiger partial charge < -0.3 is 10.8 Å². The van der Waals surface area contributed by atoms with Gasteiger partial charge in [0, 0.05) is 22.3 Å². The molecule has 0 unspecified atom stereocenters. The quantitative estimate of drug-likeness (QED) is 0.673. The molecule has 3 nitrogen and oxygen atoms in total. The van der Waals surface area contributed by atoms with Gasteiger partial charge in [-0.1, -0.05) is 46.3 Å². The van der Waals surface area contributed by atoms with Crippen LogP contribution in [0.1, 0.15) is 25.0 Å². The Bertz CT molecular complexity index is 624. The molecule has 2 aromatic rings. The molecule has 3 N–H and O–H groups in total. The summed E-state index contributed by atoms with van der Waals surface area (Å²) < 4.78 is 1.62. The van der Waals surface area contributed by atoms with E-state index in [9.17, 15) is 5.11 Å². The molecule has 118 valence electrons. The summed E-state index contributed by atoms with van der Waals surface area (Å²) in [6.45, 7) is 5.02. The zero-order chi connectivity index (χ0) is 16.5. The third kappa shape index (κ3) is 6.73. The van der Waals surface area contributed by atoms with E-state index in [4.69, 9.17) is 5.73 Å². The van der Waals surface area contributed by atoms with E-state index in [0.717, 1.165) is 15.7 Å². The van der Waals surface area contributed by atoms with E-state index in [1.54, 1.807) is 6.07 Å². The lowest BCUT2D eigenvalue weighted by Gasteiger charge is -2.05. The highest BCUT2D eigenvalue weighted by Crippen LogP contribution is 2.32. The van der Waals surface area contributed by atoms with Gasteiger partial charge in [0.05, 0.1) is 11.0 Å². The molecule has 0 saturated heterocycles.